The van der Waals surface area contributed by atoms with Crippen molar-refractivity contribution >= 4 is 29.0 Å². The van der Waals surface area contributed by atoms with E-state index in [9.17, 15) is 28.1 Å². The number of aromatic nitrogens is 2. The van der Waals surface area contributed by atoms with Crippen molar-refractivity contribution in [1.82, 2.24) is 24.9 Å². The quantitative estimate of drug-likeness (QED) is 0.283. The monoisotopic (exact) mass is 477 g/mol. The largest absolute Gasteiger partial charge is 0.475 e. The lowest BCUT2D eigenvalue weighted by atomic mass is 9.76. The smallest absolute Gasteiger partial charge is 0.426 e. The summed E-state index contributed by atoms with van der Waals surface area (Å²) < 4.78 is 25.7. The van der Waals surface area contributed by atoms with Crippen molar-refractivity contribution in [3.8, 4) is 0 Å². The van der Waals surface area contributed by atoms with Crippen LogP contribution in [0, 0.1) is 0 Å². The van der Waals surface area contributed by atoms with E-state index in [2.05, 4.69) is 20.6 Å². The van der Waals surface area contributed by atoms with Crippen molar-refractivity contribution in [2.75, 3.05) is 19.8 Å². The van der Waals surface area contributed by atoms with Crippen LogP contribution < -0.4 is 10.6 Å². The maximum Gasteiger partial charge on any atom is 0.475 e. The summed E-state index contributed by atoms with van der Waals surface area (Å²) in [7, 11) is -3.14. The van der Waals surface area contributed by atoms with Crippen molar-refractivity contribution in [2.45, 2.75) is 31.2 Å². The van der Waals surface area contributed by atoms with Crippen LogP contribution in [0.2, 0.25) is 0 Å². The zero-order chi connectivity index (χ0) is 24.4. The number of nitrogens with one attached hydrogen (secondary N) is 2. The van der Waals surface area contributed by atoms with E-state index in [1.54, 1.807) is 0 Å². The first-order valence-corrected chi connectivity index (χ1v) is 11.9. The molecule has 0 spiro atoms. The van der Waals surface area contributed by atoms with Crippen LogP contribution in [0.5, 0.6) is 0 Å². The van der Waals surface area contributed by atoms with E-state index < -0.39 is 46.7 Å². The maximum absolute atomic E-state index is 12.9. The highest BCUT2D eigenvalue weighted by molar-refractivity contribution is 7.89. The van der Waals surface area contributed by atoms with Gasteiger partial charge in [-0.25, -0.2) is 17.7 Å². The van der Waals surface area contributed by atoms with Gasteiger partial charge in [0.25, 0.3) is 5.91 Å². The van der Waals surface area contributed by atoms with Gasteiger partial charge in [-0.1, -0.05) is 30.3 Å². The number of sulfonamides is 1. The van der Waals surface area contributed by atoms with Crippen molar-refractivity contribution in [3.63, 3.8) is 0 Å². The molecule has 1 aromatic carbocycles. The average molecular weight is 477 g/mol. The molecule has 2 unspecified atom stereocenters. The fourth-order valence-electron chi connectivity index (χ4n) is 2.94. The molecule has 0 saturated heterocycles. The molecule has 0 aliphatic rings. The lowest BCUT2D eigenvalue weighted by molar-refractivity contribution is -0.123. The van der Waals surface area contributed by atoms with Crippen molar-refractivity contribution in [2.24, 2.45) is 0 Å². The fourth-order valence-corrected chi connectivity index (χ4v) is 3.90. The molecule has 0 aliphatic carbocycles. The Morgan fingerprint density at radius 2 is 1.82 bits per heavy atom. The standard InChI is InChI=1S/C20H28BN5O6S/c1-26(2)33(31,32)14-17(24-19(27)16-13-22-11-12-23-16)20(28)25-18(21(29)30)10-6-9-15-7-4-3-5-8-15/h3-5,7-8,11-13,17-18,29-30H,6,9-10,14H2,1-2H3,(H,24,27)(H,25,28). The Morgan fingerprint density at radius 3 is 2.39 bits per heavy atom. The third kappa shape index (κ3) is 8.53. The van der Waals surface area contributed by atoms with Gasteiger partial charge < -0.3 is 20.7 Å². The molecule has 0 radical (unpaired) electrons. The molecular formula is C20H28BN5O6S. The Bertz CT molecular complexity index is 1010. The topological polar surface area (TPSA) is 162 Å². The summed E-state index contributed by atoms with van der Waals surface area (Å²) in [4.78, 5) is 33.0. The molecule has 0 aliphatic heterocycles. The molecule has 0 fully saturated rings. The molecule has 33 heavy (non-hydrogen) atoms. The number of nitrogens with zero attached hydrogens (tertiary/aromatic N) is 3. The first kappa shape index (κ1) is 26.4. The van der Waals surface area contributed by atoms with Crippen LogP contribution in [0.4, 0.5) is 0 Å². The van der Waals surface area contributed by atoms with Gasteiger partial charge in [0, 0.05) is 26.5 Å². The highest BCUT2D eigenvalue weighted by Gasteiger charge is 2.33. The zero-order valence-corrected chi connectivity index (χ0v) is 19.3. The predicted molar refractivity (Wildman–Crippen MR) is 122 cm³/mol. The molecule has 0 saturated carbocycles. The molecule has 13 heteroatoms. The van der Waals surface area contributed by atoms with Crippen LogP contribution >= 0.6 is 0 Å². The minimum absolute atomic E-state index is 0.0980. The maximum atomic E-state index is 12.9. The van der Waals surface area contributed by atoms with Crippen LogP contribution in [0.15, 0.2) is 48.9 Å². The number of hydrogen-bond acceptors (Lipinski definition) is 8. The molecule has 0 bridgehead atoms. The number of hydrogen-bond donors (Lipinski definition) is 4. The van der Waals surface area contributed by atoms with Crippen LogP contribution in [0.3, 0.4) is 0 Å². The second kappa shape index (κ2) is 12.4. The normalized spacial score (nSPS) is 13.2. The minimum atomic E-state index is -3.88. The van der Waals surface area contributed by atoms with Gasteiger partial charge in [0.2, 0.25) is 15.9 Å². The lowest BCUT2D eigenvalue weighted by Crippen LogP contribution is -2.56. The van der Waals surface area contributed by atoms with E-state index in [0.29, 0.717) is 12.8 Å². The van der Waals surface area contributed by atoms with Crippen molar-refractivity contribution in [3.05, 3.63) is 60.2 Å². The van der Waals surface area contributed by atoms with Gasteiger partial charge >= 0.3 is 7.12 Å². The Kier molecular flexibility index (Phi) is 9.91. The van der Waals surface area contributed by atoms with E-state index in [-0.39, 0.29) is 12.1 Å². The van der Waals surface area contributed by atoms with Gasteiger partial charge in [0.1, 0.15) is 11.7 Å². The van der Waals surface area contributed by atoms with E-state index in [1.165, 1.54) is 32.7 Å². The number of amides is 2. The first-order chi connectivity index (χ1) is 15.6. The SMILES string of the molecule is CN(C)S(=O)(=O)CC(NC(=O)c1cnccn1)C(=O)NC(CCCc1ccccc1)B(O)O. The minimum Gasteiger partial charge on any atom is -0.426 e. The summed E-state index contributed by atoms with van der Waals surface area (Å²) in [6.07, 6.45) is 5.24. The van der Waals surface area contributed by atoms with Gasteiger partial charge in [-0.3, -0.25) is 14.6 Å². The zero-order valence-electron chi connectivity index (χ0n) is 18.5. The number of benzene rings is 1. The van der Waals surface area contributed by atoms with Crippen LogP contribution in [-0.4, -0.2) is 83.5 Å². The van der Waals surface area contributed by atoms with Crippen molar-refractivity contribution < 1.29 is 28.1 Å². The van der Waals surface area contributed by atoms with E-state index in [1.807, 2.05) is 30.3 Å². The molecular weight excluding hydrogens is 449 g/mol. The Morgan fingerprint density at radius 1 is 1.12 bits per heavy atom. The molecule has 11 nitrogen and oxygen atoms in total. The first-order valence-electron chi connectivity index (χ1n) is 10.3. The average Bonchev–Trinajstić information content (AvgIpc) is 2.78. The van der Waals surface area contributed by atoms with Gasteiger partial charge in [0.15, 0.2) is 0 Å². The summed E-state index contributed by atoms with van der Waals surface area (Å²) >= 11 is 0. The fraction of sp³-hybridized carbons (Fsp3) is 0.400. The summed E-state index contributed by atoms with van der Waals surface area (Å²) in [5, 5.41) is 24.3. The van der Waals surface area contributed by atoms with E-state index in [0.717, 1.165) is 9.87 Å². The third-order valence-electron chi connectivity index (χ3n) is 4.86. The Labute approximate surface area is 193 Å². The summed E-state index contributed by atoms with van der Waals surface area (Å²) in [6, 6.07) is 8.06. The van der Waals surface area contributed by atoms with Gasteiger partial charge in [-0.05, 0) is 24.8 Å². The second-order valence-electron chi connectivity index (χ2n) is 7.58. The Balaban J connectivity index is 2.10. The van der Waals surface area contributed by atoms with Crippen LogP contribution in [-0.2, 0) is 21.2 Å². The highest BCUT2D eigenvalue weighted by atomic mass is 32.2. The molecule has 4 N–H and O–H groups in total. The molecule has 1 aromatic heterocycles. The van der Waals surface area contributed by atoms with Gasteiger partial charge in [-0.2, -0.15) is 0 Å². The molecule has 2 atom stereocenters. The van der Waals surface area contributed by atoms with Crippen LogP contribution in [0.1, 0.15) is 28.9 Å². The molecule has 2 aromatic rings. The summed E-state index contributed by atoms with van der Waals surface area (Å²) in [5.41, 5.74) is 0.959. The molecule has 2 amide bonds. The summed E-state index contributed by atoms with van der Waals surface area (Å²) in [5.74, 6) is -3.44. The predicted octanol–water partition coefficient (Wildman–Crippen LogP) is -1.01. The van der Waals surface area contributed by atoms with Crippen molar-refractivity contribution in [1.29, 1.82) is 0 Å². The third-order valence-corrected chi connectivity index (χ3v) is 6.73. The molecule has 2 rings (SSSR count). The Hall–Kier alpha value is -2.87. The highest BCUT2D eigenvalue weighted by Crippen LogP contribution is 2.08. The van der Waals surface area contributed by atoms with Gasteiger partial charge in [0.05, 0.1) is 17.9 Å². The number of carbonyl (C=O) groups is 2. The number of carbonyl (C=O) groups excluding carboxylic acids is 2. The second-order valence-corrected chi connectivity index (χ2v) is 9.81. The van der Waals surface area contributed by atoms with E-state index in [4.69, 9.17) is 0 Å². The van der Waals surface area contributed by atoms with E-state index >= 15 is 0 Å². The summed E-state index contributed by atoms with van der Waals surface area (Å²) in [6.45, 7) is 0. The van der Waals surface area contributed by atoms with Gasteiger partial charge in [-0.15, -0.1) is 0 Å². The number of aryl methyl sites for hydroxylation is 1. The molecule has 1 heterocycles. The lowest BCUT2D eigenvalue weighted by Gasteiger charge is -2.24. The number of rotatable bonds is 12. The molecule has 178 valence electrons. The van der Waals surface area contributed by atoms with Crippen LogP contribution in [0.25, 0.3) is 0 Å².